The zero-order chi connectivity index (χ0) is 14.3. The Morgan fingerprint density at radius 3 is 2.58 bits per heavy atom. The van der Waals surface area contributed by atoms with E-state index in [0.29, 0.717) is 18.1 Å². The van der Waals surface area contributed by atoms with E-state index in [9.17, 15) is 0 Å². The van der Waals surface area contributed by atoms with Crippen molar-refractivity contribution in [1.29, 1.82) is 0 Å². The van der Waals surface area contributed by atoms with E-state index in [1.807, 2.05) is 0 Å². The standard InChI is InChI=1S/C15H32N2O2/c1-12-6-7-14(16-3)15(10-12)17(8-9-18-4)13(2)11-19-5/h12-16H,6-11H2,1-5H3. The van der Waals surface area contributed by atoms with Crippen LogP contribution in [0.2, 0.25) is 0 Å². The lowest BCUT2D eigenvalue weighted by Crippen LogP contribution is -2.56. The number of hydrogen-bond donors (Lipinski definition) is 1. The number of likely N-dealkylation sites (N-methyl/N-ethyl adjacent to an activating group) is 1. The summed E-state index contributed by atoms with van der Waals surface area (Å²) >= 11 is 0. The topological polar surface area (TPSA) is 33.7 Å². The first kappa shape index (κ1) is 16.9. The zero-order valence-corrected chi connectivity index (χ0v) is 13.3. The lowest BCUT2D eigenvalue weighted by molar-refractivity contribution is 0.0161. The van der Waals surface area contributed by atoms with Gasteiger partial charge in [0, 0.05) is 38.9 Å². The monoisotopic (exact) mass is 272 g/mol. The van der Waals surface area contributed by atoms with Crippen LogP contribution in [-0.4, -0.2) is 64.1 Å². The molecule has 1 fully saturated rings. The van der Waals surface area contributed by atoms with Crippen molar-refractivity contribution in [3.05, 3.63) is 0 Å². The fourth-order valence-corrected chi connectivity index (χ4v) is 3.30. The van der Waals surface area contributed by atoms with Crippen LogP contribution in [0.25, 0.3) is 0 Å². The predicted molar refractivity (Wildman–Crippen MR) is 79.6 cm³/mol. The van der Waals surface area contributed by atoms with Crippen LogP contribution in [0.3, 0.4) is 0 Å². The van der Waals surface area contributed by atoms with Gasteiger partial charge in [0.25, 0.3) is 0 Å². The normalized spacial score (nSPS) is 29.7. The average Bonchev–Trinajstić information content (AvgIpc) is 2.40. The van der Waals surface area contributed by atoms with Gasteiger partial charge in [0.05, 0.1) is 13.2 Å². The Morgan fingerprint density at radius 1 is 1.26 bits per heavy atom. The molecule has 0 heterocycles. The molecule has 0 amide bonds. The molecule has 0 spiro atoms. The Hall–Kier alpha value is -0.160. The molecule has 0 aromatic carbocycles. The molecule has 0 aliphatic heterocycles. The highest BCUT2D eigenvalue weighted by Gasteiger charge is 2.33. The van der Waals surface area contributed by atoms with Gasteiger partial charge in [-0.2, -0.15) is 0 Å². The van der Waals surface area contributed by atoms with Crippen LogP contribution in [0.4, 0.5) is 0 Å². The van der Waals surface area contributed by atoms with Gasteiger partial charge in [-0.25, -0.2) is 0 Å². The smallest absolute Gasteiger partial charge is 0.0615 e. The summed E-state index contributed by atoms with van der Waals surface area (Å²) < 4.78 is 10.6. The summed E-state index contributed by atoms with van der Waals surface area (Å²) in [4.78, 5) is 2.57. The van der Waals surface area contributed by atoms with Crippen molar-refractivity contribution in [1.82, 2.24) is 10.2 Å². The molecule has 1 N–H and O–H groups in total. The lowest BCUT2D eigenvalue weighted by Gasteiger charge is -2.44. The van der Waals surface area contributed by atoms with E-state index >= 15 is 0 Å². The molecule has 1 saturated carbocycles. The Morgan fingerprint density at radius 2 is 2.00 bits per heavy atom. The van der Waals surface area contributed by atoms with E-state index in [1.54, 1.807) is 14.2 Å². The van der Waals surface area contributed by atoms with E-state index in [1.165, 1.54) is 19.3 Å². The van der Waals surface area contributed by atoms with Crippen LogP contribution < -0.4 is 5.32 Å². The van der Waals surface area contributed by atoms with Crippen molar-refractivity contribution < 1.29 is 9.47 Å². The van der Waals surface area contributed by atoms with Crippen LogP contribution in [0.15, 0.2) is 0 Å². The van der Waals surface area contributed by atoms with Gasteiger partial charge in [-0.05, 0) is 39.2 Å². The molecular formula is C15H32N2O2. The molecule has 0 aromatic heterocycles. The number of rotatable bonds is 8. The number of nitrogens with zero attached hydrogens (tertiary/aromatic N) is 1. The summed E-state index contributed by atoms with van der Waals surface area (Å²) in [6.45, 7) is 7.18. The molecule has 0 aromatic rings. The minimum absolute atomic E-state index is 0.436. The van der Waals surface area contributed by atoms with Crippen molar-refractivity contribution in [3.63, 3.8) is 0 Å². The fourth-order valence-electron chi connectivity index (χ4n) is 3.30. The second-order valence-electron chi connectivity index (χ2n) is 5.92. The maximum Gasteiger partial charge on any atom is 0.0615 e. The lowest BCUT2D eigenvalue weighted by atomic mass is 9.82. The molecular weight excluding hydrogens is 240 g/mol. The molecule has 4 heteroatoms. The molecule has 1 rings (SSSR count). The number of hydrogen-bond acceptors (Lipinski definition) is 4. The second kappa shape index (κ2) is 8.90. The van der Waals surface area contributed by atoms with Gasteiger partial charge < -0.3 is 14.8 Å². The van der Waals surface area contributed by atoms with Crippen molar-refractivity contribution in [3.8, 4) is 0 Å². The number of ether oxygens (including phenoxy) is 2. The molecule has 4 unspecified atom stereocenters. The highest BCUT2D eigenvalue weighted by molar-refractivity contribution is 4.91. The van der Waals surface area contributed by atoms with Crippen molar-refractivity contribution in [2.24, 2.45) is 5.92 Å². The van der Waals surface area contributed by atoms with E-state index in [2.05, 4.69) is 31.1 Å². The summed E-state index contributed by atoms with van der Waals surface area (Å²) in [6, 6.07) is 1.62. The van der Waals surface area contributed by atoms with E-state index in [4.69, 9.17) is 9.47 Å². The third-order valence-electron chi connectivity index (χ3n) is 4.40. The minimum atomic E-state index is 0.436. The predicted octanol–water partition coefficient (Wildman–Crippen LogP) is 1.75. The maximum absolute atomic E-state index is 5.35. The first-order valence-electron chi connectivity index (χ1n) is 7.54. The maximum atomic E-state index is 5.35. The largest absolute Gasteiger partial charge is 0.383 e. The summed E-state index contributed by atoms with van der Waals surface area (Å²) in [6.07, 6.45) is 3.87. The molecule has 19 heavy (non-hydrogen) atoms. The molecule has 4 nitrogen and oxygen atoms in total. The average molecular weight is 272 g/mol. The van der Waals surface area contributed by atoms with Gasteiger partial charge in [0.2, 0.25) is 0 Å². The third kappa shape index (κ3) is 5.03. The molecule has 0 bridgehead atoms. The summed E-state index contributed by atoms with van der Waals surface area (Å²) in [5, 5.41) is 3.51. The third-order valence-corrected chi connectivity index (χ3v) is 4.40. The van der Waals surface area contributed by atoms with E-state index in [-0.39, 0.29) is 0 Å². The molecule has 1 aliphatic rings. The highest BCUT2D eigenvalue weighted by atomic mass is 16.5. The first-order chi connectivity index (χ1) is 9.13. The van der Waals surface area contributed by atoms with Gasteiger partial charge in [-0.15, -0.1) is 0 Å². The van der Waals surface area contributed by atoms with Crippen molar-refractivity contribution >= 4 is 0 Å². The quantitative estimate of drug-likeness (QED) is 0.730. The Bertz CT molecular complexity index is 238. The highest BCUT2D eigenvalue weighted by Crippen LogP contribution is 2.28. The molecule has 0 saturated heterocycles. The van der Waals surface area contributed by atoms with Gasteiger partial charge in [-0.3, -0.25) is 4.90 Å². The number of methoxy groups -OCH3 is 2. The molecule has 4 atom stereocenters. The summed E-state index contributed by atoms with van der Waals surface area (Å²) in [5.74, 6) is 0.814. The van der Waals surface area contributed by atoms with E-state index in [0.717, 1.165) is 25.7 Å². The summed E-state index contributed by atoms with van der Waals surface area (Å²) in [5.41, 5.74) is 0. The van der Waals surface area contributed by atoms with Crippen molar-refractivity contribution in [2.45, 2.75) is 51.2 Å². The van der Waals surface area contributed by atoms with Gasteiger partial charge in [0.1, 0.15) is 0 Å². The molecule has 1 aliphatic carbocycles. The van der Waals surface area contributed by atoms with Crippen LogP contribution >= 0.6 is 0 Å². The van der Waals surface area contributed by atoms with Crippen LogP contribution in [0.1, 0.15) is 33.1 Å². The molecule has 114 valence electrons. The van der Waals surface area contributed by atoms with Gasteiger partial charge >= 0.3 is 0 Å². The molecule has 0 radical (unpaired) electrons. The minimum Gasteiger partial charge on any atom is -0.383 e. The van der Waals surface area contributed by atoms with Crippen LogP contribution in [-0.2, 0) is 9.47 Å². The Balaban J connectivity index is 2.73. The summed E-state index contributed by atoms with van der Waals surface area (Å²) in [7, 11) is 5.64. The van der Waals surface area contributed by atoms with E-state index < -0.39 is 0 Å². The number of nitrogens with one attached hydrogen (secondary N) is 1. The zero-order valence-electron chi connectivity index (χ0n) is 13.3. The SMILES string of the molecule is CNC1CCC(C)CC1N(CCOC)C(C)COC. The van der Waals surface area contributed by atoms with Crippen LogP contribution in [0, 0.1) is 5.92 Å². The first-order valence-corrected chi connectivity index (χ1v) is 7.54. The fraction of sp³-hybridized carbons (Fsp3) is 1.00. The van der Waals surface area contributed by atoms with Crippen LogP contribution in [0.5, 0.6) is 0 Å². The second-order valence-corrected chi connectivity index (χ2v) is 5.92. The van der Waals surface area contributed by atoms with Crippen molar-refractivity contribution in [2.75, 3.05) is 41.0 Å². The Kier molecular flexibility index (Phi) is 7.91. The van der Waals surface area contributed by atoms with Gasteiger partial charge in [0.15, 0.2) is 0 Å². The Labute approximate surface area is 118 Å². The van der Waals surface area contributed by atoms with Gasteiger partial charge in [-0.1, -0.05) is 6.92 Å².